The fourth-order valence-corrected chi connectivity index (χ4v) is 3.50. The van der Waals surface area contributed by atoms with E-state index in [9.17, 15) is 9.90 Å². The van der Waals surface area contributed by atoms with Gasteiger partial charge in [-0.25, -0.2) is 0 Å². The molecule has 3 heteroatoms. The van der Waals surface area contributed by atoms with E-state index in [1.165, 1.54) is 0 Å². The second-order valence-corrected chi connectivity index (χ2v) is 4.86. The molecule has 2 bridgehead atoms. The molecule has 2 nitrogen and oxygen atoms in total. The summed E-state index contributed by atoms with van der Waals surface area (Å²) in [6, 6.07) is 0. The monoisotopic (exact) mass is 240 g/mol. The first-order valence-corrected chi connectivity index (χ1v) is 5.30. The molecule has 1 saturated carbocycles. The minimum Gasteiger partial charge on any atom is -0.511 e. The second-order valence-electron chi connectivity index (χ2n) is 4.06. The summed E-state index contributed by atoms with van der Waals surface area (Å²) in [6.07, 6.45) is 5.31. The molecule has 0 radical (unpaired) electrons. The smallest absolute Gasteiger partial charge is 0.177 e. The van der Waals surface area contributed by atoms with Crippen LogP contribution in [0.2, 0.25) is 0 Å². The molecular weight excluding hydrogens is 232 g/mol. The van der Waals surface area contributed by atoms with Gasteiger partial charge in [0.05, 0.1) is 4.48 Å². The van der Waals surface area contributed by atoms with E-state index in [-0.39, 0.29) is 23.4 Å². The Kier molecular flexibility index (Phi) is 1.36. The number of carbonyl (C=O) groups is 1. The summed E-state index contributed by atoms with van der Waals surface area (Å²) in [6.45, 7) is 0. The van der Waals surface area contributed by atoms with E-state index in [0.29, 0.717) is 16.3 Å². The van der Waals surface area contributed by atoms with Crippen LogP contribution in [0.5, 0.6) is 0 Å². The molecule has 0 aromatic carbocycles. The number of rotatable bonds is 0. The Morgan fingerprint density at radius 3 is 2.54 bits per heavy atom. The Bertz CT molecular complexity index is 356. The van der Waals surface area contributed by atoms with Crippen molar-refractivity contribution in [3.8, 4) is 0 Å². The van der Waals surface area contributed by atoms with Gasteiger partial charge < -0.3 is 5.11 Å². The Morgan fingerprint density at radius 1 is 1.31 bits per heavy atom. The first-order valence-electron chi connectivity index (χ1n) is 4.51. The van der Waals surface area contributed by atoms with E-state index in [0.717, 1.165) is 6.42 Å². The van der Waals surface area contributed by atoms with Crippen LogP contribution in [-0.2, 0) is 4.79 Å². The minimum atomic E-state index is 0.0318. The predicted molar refractivity (Wildman–Crippen MR) is 51.3 cm³/mol. The average molecular weight is 241 g/mol. The average Bonchev–Trinajstić information content (AvgIpc) is 2.76. The van der Waals surface area contributed by atoms with Crippen LogP contribution in [0.1, 0.15) is 6.42 Å². The van der Waals surface area contributed by atoms with Gasteiger partial charge in [-0.2, -0.15) is 0 Å². The SMILES string of the molecule is O=C1C(Br)=C(O)[C@@H]2[C@H]1[C@H]1C=C[C@H]2C1. The van der Waals surface area contributed by atoms with E-state index < -0.39 is 0 Å². The number of carbonyl (C=O) groups excluding carboxylic acids is 1. The molecule has 0 aromatic heterocycles. The number of hydrogen-bond donors (Lipinski definition) is 1. The highest BCUT2D eigenvalue weighted by Gasteiger charge is 2.54. The number of halogens is 1. The fourth-order valence-electron chi connectivity index (χ4n) is 2.97. The lowest BCUT2D eigenvalue weighted by Gasteiger charge is -2.18. The molecule has 3 aliphatic carbocycles. The Labute approximate surface area is 84.5 Å². The third kappa shape index (κ3) is 0.766. The van der Waals surface area contributed by atoms with E-state index >= 15 is 0 Å². The third-order valence-electron chi connectivity index (χ3n) is 3.52. The standard InChI is InChI=1S/C10H9BrO2/c11-8-9(12)6-4-1-2-5(3-4)7(6)10(8)13/h1-2,4-7,12H,3H2/t4-,5-,6-,7+/m0/s1. The molecule has 3 rings (SSSR count). The molecule has 0 aromatic rings. The van der Waals surface area contributed by atoms with Crippen LogP contribution in [0, 0.1) is 23.7 Å². The maximum absolute atomic E-state index is 11.7. The molecule has 68 valence electrons. The van der Waals surface area contributed by atoms with Crippen LogP contribution >= 0.6 is 15.9 Å². The van der Waals surface area contributed by atoms with Gasteiger partial charge in [-0.15, -0.1) is 0 Å². The van der Waals surface area contributed by atoms with Crippen LogP contribution in [-0.4, -0.2) is 10.9 Å². The molecule has 1 N–H and O–H groups in total. The Morgan fingerprint density at radius 2 is 1.92 bits per heavy atom. The zero-order valence-electron chi connectivity index (χ0n) is 6.90. The number of aliphatic hydroxyl groups is 1. The van der Waals surface area contributed by atoms with E-state index in [1.54, 1.807) is 0 Å². The highest BCUT2D eigenvalue weighted by molar-refractivity contribution is 9.12. The fraction of sp³-hybridized carbons (Fsp3) is 0.500. The molecule has 0 heterocycles. The van der Waals surface area contributed by atoms with Crippen LogP contribution in [0.4, 0.5) is 0 Å². The van der Waals surface area contributed by atoms with Crippen LogP contribution < -0.4 is 0 Å². The van der Waals surface area contributed by atoms with Crippen molar-refractivity contribution in [3.63, 3.8) is 0 Å². The predicted octanol–water partition coefficient (Wildman–Crippen LogP) is 2.17. The van der Waals surface area contributed by atoms with Gasteiger partial charge in [0, 0.05) is 11.8 Å². The lowest BCUT2D eigenvalue weighted by Crippen LogP contribution is -2.21. The molecule has 0 unspecified atom stereocenters. The van der Waals surface area contributed by atoms with Crippen molar-refractivity contribution in [2.75, 3.05) is 0 Å². The van der Waals surface area contributed by atoms with Gasteiger partial charge in [-0.3, -0.25) is 4.79 Å². The lowest BCUT2D eigenvalue weighted by atomic mass is 9.84. The summed E-state index contributed by atoms with van der Waals surface area (Å²) in [7, 11) is 0. The second kappa shape index (κ2) is 2.27. The highest BCUT2D eigenvalue weighted by Crippen LogP contribution is 2.56. The van der Waals surface area contributed by atoms with Gasteiger partial charge in [0.2, 0.25) is 0 Å². The van der Waals surface area contributed by atoms with Crippen molar-refractivity contribution in [2.45, 2.75) is 6.42 Å². The lowest BCUT2D eigenvalue weighted by molar-refractivity contribution is -0.119. The number of Topliss-reactive ketones (excluding diaryl/α,β-unsaturated/α-hetero) is 1. The van der Waals surface area contributed by atoms with Gasteiger partial charge >= 0.3 is 0 Å². The zero-order valence-corrected chi connectivity index (χ0v) is 8.49. The topological polar surface area (TPSA) is 37.3 Å². The normalized spacial score (nSPS) is 46.4. The van der Waals surface area contributed by atoms with E-state index in [4.69, 9.17) is 0 Å². The summed E-state index contributed by atoms with van der Waals surface area (Å²) >= 11 is 3.16. The summed E-state index contributed by atoms with van der Waals surface area (Å²) in [4.78, 5) is 11.7. The number of aliphatic hydroxyl groups excluding tert-OH is 1. The molecule has 1 fully saturated rings. The summed E-state index contributed by atoms with van der Waals surface area (Å²) in [5, 5.41) is 9.74. The third-order valence-corrected chi connectivity index (χ3v) is 4.32. The summed E-state index contributed by atoms with van der Waals surface area (Å²) in [5.74, 6) is 1.26. The van der Waals surface area contributed by atoms with Crippen LogP contribution in [0.25, 0.3) is 0 Å². The Balaban J connectivity index is 2.11. The quantitative estimate of drug-likeness (QED) is 0.660. The number of allylic oxidation sites excluding steroid dienone is 4. The van der Waals surface area contributed by atoms with Crippen LogP contribution in [0.15, 0.2) is 22.4 Å². The maximum Gasteiger partial charge on any atom is 0.177 e. The largest absolute Gasteiger partial charge is 0.511 e. The molecule has 4 atom stereocenters. The van der Waals surface area contributed by atoms with Gasteiger partial charge in [-0.1, -0.05) is 12.2 Å². The Hall–Kier alpha value is -0.570. The van der Waals surface area contributed by atoms with Gasteiger partial charge in [-0.05, 0) is 34.2 Å². The highest BCUT2D eigenvalue weighted by atomic mass is 79.9. The summed E-state index contributed by atoms with van der Waals surface area (Å²) in [5.41, 5.74) is 0. The zero-order chi connectivity index (χ0) is 9.16. The first-order chi connectivity index (χ1) is 6.20. The van der Waals surface area contributed by atoms with Crippen molar-refractivity contribution in [2.24, 2.45) is 23.7 Å². The molecule has 0 spiro atoms. The first kappa shape index (κ1) is 7.80. The molecular formula is C10H9BrO2. The van der Waals surface area contributed by atoms with Crippen molar-refractivity contribution in [1.82, 2.24) is 0 Å². The molecule has 0 saturated heterocycles. The minimum absolute atomic E-state index is 0.0318. The van der Waals surface area contributed by atoms with Crippen molar-refractivity contribution >= 4 is 21.7 Å². The molecule has 0 amide bonds. The van der Waals surface area contributed by atoms with E-state index in [1.807, 2.05) is 0 Å². The van der Waals surface area contributed by atoms with Gasteiger partial charge in [0.25, 0.3) is 0 Å². The summed E-state index contributed by atoms with van der Waals surface area (Å²) < 4.78 is 0.417. The number of hydrogen-bond acceptors (Lipinski definition) is 2. The number of fused-ring (bicyclic) bond motifs is 5. The number of ketones is 1. The maximum atomic E-state index is 11.7. The van der Waals surface area contributed by atoms with Crippen molar-refractivity contribution in [3.05, 3.63) is 22.4 Å². The van der Waals surface area contributed by atoms with Crippen molar-refractivity contribution in [1.29, 1.82) is 0 Å². The van der Waals surface area contributed by atoms with Crippen molar-refractivity contribution < 1.29 is 9.90 Å². The van der Waals surface area contributed by atoms with Crippen LogP contribution in [0.3, 0.4) is 0 Å². The molecule has 3 aliphatic rings. The van der Waals surface area contributed by atoms with Gasteiger partial charge in [0.15, 0.2) is 5.78 Å². The molecule has 0 aliphatic heterocycles. The van der Waals surface area contributed by atoms with E-state index in [2.05, 4.69) is 28.1 Å². The molecule has 13 heavy (non-hydrogen) atoms. The van der Waals surface area contributed by atoms with Gasteiger partial charge in [0.1, 0.15) is 5.76 Å².